The lowest BCUT2D eigenvalue weighted by Crippen LogP contribution is -2.04. The van der Waals surface area contributed by atoms with Crippen molar-refractivity contribution in [1.82, 2.24) is 19.5 Å². The molecule has 1 aliphatic rings. The molecule has 3 rings (SSSR count). The molecule has 2 aromatic heterocycles. The third kappa shape index (κ3) is 1.62. The molecule has 0 radical (unpaired) electrons. The second-order valence-electron chi connectivity index (χ2n) is 4.25. The zero-order valence-corrected chi connectivity index (χ0v) is 9.35. The molecule has 0 amide bonds. The molecule has 5 heteroatoms. The van der Waals surface area contributed by atoms with E-state index in [4.69, 9.17) is 0 Å². The Morgan fingerprint density at radius 1 is 1.38 bits per heavy atom. The number of nitrogens with zero attached hydrogens (tertiary/aromatic N) is 4. The number of hydrogen-bond acceptors (Lipinski definition) is 4. The molecule has 84 valence electrons. The topological polar surface area (TPSA) is 55.6 Å². The van der Waals surface area contributed by atoms with Crippen molar-refractivity contribution in [2.24, 2.45) is 0 Å². The van der Waals surface area contributed by atoms with Crippen molar-refractivity contribution in [2.75, 3.05) is 5.32 Å². The van der Waals surface area contributed by atoms with Crippen molar-refractivity contribution >= 4 is 17.0 Å². The maximum absolute atomic E-state index is 4.39. The zero-order chi connectivity index (χ0) is 11.0. The Balaban J connectivity index is 2.01. The van der Waals surface area contributed by atoms with E-state index >= 15 is 0 Å². The second-order valence-corrected chi connectivity index (χ2v) is 4.25. The highest BCUT2D eigenvalue weighted by atomic mass is 15.2. The lowest BCUT2D eigenvalue weighted by molar-refractivity contribution is 0.691. The first kappa shape index (κ1) is 9.57. The largest absolute Gasteiger partial charge is 0.365 e. The number of imidazole rings is 1. The highest BCUT2D eigenvalue weighted by molar-refractivity contribution is 5.82. The minimum Gasteiger partial charge on any atom is -0.365 e. The fraction of sp³-hybridized carbons (Fsp3) is 0.545. The van der Waals surface area contributed by atoms with Crippen LogP contribution in [0.3, 0.4) is 0 Å². The highest BCUT2D eigenvalue weighted by Gasteiger charge is 2.23. The maximum Gasteiger partial charge on any atom is 0.165 e. The second kappa shape index (κ2) is 3.73. The van der Waals surface area contributed by atoms with Crippen LogP contribution in [0.2, 0.25) is 0 Å². The summed E-state index contributed by atoms with van der Waals surface area (Å²) in [5, 5.41) is 3.39. The lowest BCUT2D eigenvalue weighted by atomic mass is 10.4. The van der Waals surface area contributed by atoms with E-state index in [9.17, 15) is 0 Å². The van der Waals surface area contributed by atoms with Gasteiger partial charge in [-0.25, -0.2) is 15.0 Å². The van der Waals surface area contributed by atoms with Gasteiger partial charge in [-0.15, -0.1) is 0 Å². The molecule has 0 unspecified atom stereocenters. The minimum absolute atomic E-state index is 0.592. The monoisotopic (exact) mass is 217 g/mol. The first-order valence-corrected chi connectivity index (χ1v) is 5.81. The molecule has 0 saturated heterocycles. The van der Waals surface area contributed by atoms with Gasteiger partial charge >= 0.3 is 0 Å². The van der Waals surface area contributed by atoms with Crippen LogP contribution in [0.5, 0.6) is 0 Å². The van der Waals surface area contributed by atoms with E-state index < -0.39 is 0 Å². The molecule has 2 heterocycles. The number of hydrogen-bond donors (Lipinski definition) is 1. The molecule has 0 bridgehead atoms. The Hall–Kier alpha value is -1.65. The maximum atomic E-state index is 4.39. The average molecular weight is 217 g/mol. The van der Waals surface area contributed by atoms with Crippen LogP contribution in [0.4, 0.5) is 5.82 Å². The van der Waals surface area contributed by atoms with Crippen molar-refractivity contribution < 1.29 is 0 Å². The number of aryl methyl sites for hydroxylation is 1. The van der Waals surface area contributed by atoms with Crippen molar-refractivity contribution in [3.05, 3.63) is 12.7 Å². The predicted molar refractivity (Wildman–Crippen MR) is 62.3 cm³/mol. The van der Waals surface area contributed by atoms with Gasteiger partial charge in [0.15, 0.2) is 11.5 Å². The van der Waals surface area contributed by atoms with Gasteiger partial charge in [0.2, 0.25) is 0 Å². The van der Waals surface area contributed by atoms with Gasteiger partial charge in [-0.2, -0.15) is 0 Å². The van der Waals surface area contributed by atoms with Gasteiger partial charge in [0.25, 0.3) is 0 Å². The van der Waals surface area contributed by atoms with E-state index in [2.05, 4.69) is 31.8 Å². The summed E-state index contributed by atoms with van der Waals surface area (Å²) >= 11 is 0. The van der Waals surface area contributed by atoms with Crippen LogP contribution in [-0.2, 0) is 6.54 Å². The minimum atomic E-state index is 0.592. The SMILES string of the molecule is CCCn1cnc2c(NC3CC3)ncnc21. The van der Waals surface area contributed by atoms with Gasteiger partial charge in [-0.05, 0) is 19.3 Å². The first-order chi connectivity index (χ1) is 7.88. The summed E-state index contributed by atoms with van der Waals surface area (Å²) in [6.07, 6.45) is 7.02. The van der Waals surface area contributed by atoms with E-state index in [1.54, 1.807) is 6.33 Å². The molecule has 0 spiro atoms. The fourth-order valence-electron chi connectivity index (χ4n) is 1.81. The molecule has 5 nitrogen and oxygen atoms in total. The normalized spacial score (nSPS) is 15.6. The Kier molecular flexibility index (Phi) is 2.23. The van der Waals surface area contributed by atoms with E-state index in [1.807, 2.05) is 6.33 Å². The smallest absolute Gasteiger partial charge is 0.165 e. The fourth-order valence-corrected chi connectivity index (χ4v) is 1.81. The van der Waals surface area contributed by atoms with E-state index in [-0.39, 0.29) is 0 Å². The molecular weight excluding hydrogens is 202 g/mol. The number of nitrogens with one attached hydrogen (secondary N) is 1. The Bertz CT molecular complexity index is 500. The summed E-state index contributed by atoms with van der Waals surface area (Å²) in [6.45, 7) is 3.10. The van der Waals surface area contributed by atoms with Crippen LogP contribution < -0.4 is 5.32 Å². The van der Waals surface area contributed by atoms with Crippen LogP contribution >= 0.6 is 0 Å². The Morgan fingerprint density at radius 3 is 3.00 bits per heavy atom. The number of aromatic nitrogens is 4. The molecule has 1 N–H and O–H groups in total. The molecule has 1 fully saturated rings. The van der Waals surface area contributed by atoms with Crippen LogP contribution in [-0.4, -0.2) is 25.6 Å². The molecule has 1 aliphatic carbocycles. The number of rotatable bonds is 4. The molecule has 0 aliphatic heterocycles. The Morgan fingerprint density at radius 2 is 2.25 bits per heavy atom. The van der Waals surface area contributed by atoms with Crippen LogP contribution in [0.15, 0.2) is 12.7 Å². The molecular formula is C11H15N5. The Labute approximate surface area is 93.9 Å². The van der Waals surface area contributed by atoms with E-state index in [0.717, 1.165) is 29.9 Å². The molecule has 16 heavy (non-hydrogen) atoms. The van der Waals surface area contributed by atoms with Gasteiger partial charge in [0.05, 0.1) is 6.33 Å². The van der Waals surface area contributed by atoms with E-state index in [0.29, 0.717) is 6.04 Å². The summed E-state index contributed by atoms with van der Waals surface area (Å²) in [5.74, 6) is 0.877. The van der Waals surface area contributed by atoms with Crippen molar-refractivity contribution in [3.8, 4) is 0 Å². The van der Waals surface area contributed by atoms with Crippen LogP contribution in [0, 0.1) is 0 Å². The summed E-state index contributed by atoms with van der Waals surface area (Å²) in [7, 11) is 0. The third-order valence-corrected chi connectivity index (χ3v) is 2.78. The summed E-state index contributed by atoms with van der Waals surface area (Å²) in [6, 6.07) is 0.592. The standard InChI is InChI=1S/C11H15N5/c1-2-5-16-7-14-9-10(15-8-3-4-8)12-6-13-11(9)16/h6-8H,2-5H2,1H3,(H,12,13,15). The summed E-state index contributed by atoms with van der Waals surface area (Å²) in [4.78, 5) is 13.0. The first-order valence-electron chi connectivity index (χ1n) is 5.81. The molecule has 0 atom stereocenters. The van der Waals surface area contributed by atoms with Crippen LogP contribution in [0.1, 0.15) is 26.2 Å². The van der Waals surface area contributed by atoms with E-state index in [1.165, 1.54) is 12.8 Å². The van der Waals surface area contributed by atoms with Crippen molar-refractivity contribution in [3.63, 3.8) is 0 Å². The quantitative estimate of drug-likeness (QED) is 0.848. The third-order valence-electron chi connectivity index (χ3n) is 2.78. The molecule has 1 saturated carbocycles. The van der Waals surface area contributed by atoms with Gasteiger partial charge in [-0.3, -0.25) is 0 Å². The predicted octanol–water partition coefficient (Wildman–Crippen LogP) is 1.81. The number of anilines is 1. The van der Waals surface area contributed by atoms with Crippen molar-refractivity contribution in [2.45, 2.75) is 38.8 Å². The van der Waals surface area contributed by atoms with Gasteiger partial charge in [0, 0.05) is 12.6 Å². The summed E-state index contributed by atoms with van der Waals surface area (Å²) in [5.41, 5.74) is 1.82. The van der Waals surface area contributed by atoms with Gasteiger partial charge < -0.3 is 9.88 Å². The zero-order valence-electron chi connectivity index (χ0n) is 9.35. The van der Waals surface area contributed by atoms with Crippen molar-refractivity contribution in [1.29, 1.82) is 0 Å². The molecule has 2 aromatic rings. The number of fused-ring (bicyclic) bond motifs is 1. The van der Waals surface area contributed by atoms with Crippen LogP contribution in [0.25, 0.3) is 11.2 Å². The van der Waals surface area contributed by atoms with Gasteiger partial charge in [0.1, 0.15) is 11.8 Å². The highest BCUT2D eigenvalue weighted by Crippen LogP contribution is 2.26. The molecule has 0 aromatic carbocycles. The van der Waals surface area contributed by atoms with Gasteiger partial charge in [-0.1, -0.05) is 6.92 Å². The summed E-state index contributed by atoms with van der Waals surface area (Å²) < 4.78 is 2.08. The lowest BCUT2D eigenvalue weighted by Gasteiger charge is -2.04. The average Bonchev–Trinajstić information content (AvgIpc) is 3.01.